The Balaban J connectivity index is 2.26. The Hall–Kier alpha value is -0.700. The summed E-state index contributed by atoms with van der Waals surface area (Å²) in [6, 6.07) is 0. The summed E-state index contributed by atoms with van der Waals surface area (Å²) >= 11 is 0. The quantitative estimate of drug-likeness (QED) is 0.586. The Morgan fingerprint density at radius 3 is 2.78 bits per heavy atom. The zero-order valence-corrected chi connectivity index (χ0v) is 11.1. The van der Waals surface area contributed by atoms with Crippen molar-refractivity contribution in [3.05, 3.63) is 0 Å². The molecule has 1 rings (SSSR count). The number of sulfonamides is 1. The molecule has 0 aromatic heterocycles. The molecule has 18 heavy (non-hydrogen) atoms. The summed E-state index contributed by atoms with van der Waals surface area (Å²) in [5, 5.41) is 8.72. The predicted molar refractivity (Wildman–Crippen MR) is 63.8 cm³/mol. The summed E-state index contributed by atoms with van der Waals surface area (Å²) in [6.07, 6.45) is 0.231. The molecule has 0 aliphatic carbocycles. The number of hydrogen-bond donors (Lipinski definition) is 2. The van der Waals surface area contributed by atoms with E-state index in [-0.39, 0.29) is 18.4 Å². The Bertz CT molecular complexity index is 369. The highest BCUT2D eigenvalue weighted by atomic mass is 32.2. The lowest BCUT2D eigenvalue weighted by Crippen LogP contribution is -2.34. The number of carbonyl (C=O) groups is 1. The van der Waals surface area contributed by atoms with E-state index in [9.17, 15) is 13.2 Å². The maximum atomic E-state index is 11.5. The minimum absolute atomic E-state index is 0.00405. The molecular formula is C10H19NO6S. The molecule has 8 heteroatoms. The van der Waals surface area contributed by atoms with Crippen LogP contribution in [0.15, 0.2) is 0 Å². The summed E-state index contributed by atoms with van der Waals surface area (Å²) < 4.78 is 35.5. The van der Waals surface area contributed by atoms with Crippen LogP contribution in [0.1, 0.15) is 19.3 Å². The molecule has 0 saturated carbocycles. The van der Waals surface area contributed by atoms with Gasteiger partial charge in [0.2, 0.25) is 10.0 Å². The highest BCUT2D eigenvalue weighted by Crippen LogP contribution is 2.19. The molecule has 0 aromatic rings. The van der Waals surface area contributed by atoms with Gasteiger partial charge in [-0.3, -0.25) is 0 Å². The maximum Gasteiger partial charge on any atom is 0.332 e. The fourth-order valence-electron chi connectivity index (χ4n) is 1.72. The first-order valence-corrected chi connectivity index (χ1v) is 7.44. The summed E-state index contributed by atoms with van der Waals surface area (Å²) in [5.41, 5.74) is 0. The number of rotatable bonds is 8. The minimum Gasteiger partial charge on any atom is -0.479 e. The standard InChI is InChI=1S/C10H19NO6S/c1-16-5-2-6-18(14,15)11-7-8-3-4-9(17-8)10(12)13/h8-9,11H,2-7H2,1H3,(H,12,13). The van der Waals surface area contributed by atoms with E-state index in [0.29, 0.717) is 25.9 Å². The average molecular weight is 281 g/mol. The molecule has 0 aromatic carbocycles. The van der Waals surface area contributed by atoms with Crippen LogP contribution >= 0.6 is 0 Å². The van der Waals surface area contributed by atoms with Crippen LogP contribution < -0.4 is 4.72 Å². The lowest BCUT2D eigenvalue weighted by atomic mass is 10.2. The van der Waals surface area contributed by atoms with Crippen molar-refractivity contribution < 1.29 is 27.8 Å². The summed E-state index contributed by atoms with van der Waals surface area (Å²) in [5.74, 6) is -1.00. The third kappa shape index (κ3) is 5.30. The van der Waals surface area contributed by atoms with Gasteiger partial charge in [0.15, 0.2) is 6.10 Å². The lowest BCUT2D eigenvalue weighted by molar-refractivity contribution is -0.149. The number of carboxylic acid groups (broad SMARTS) is 1. The van der Waals surface area contributed by atoms with E-state index < -0.39 is 22.1 Å². The van der Waals surface area contributed by atoms with Gasteiger partial charge in [0, 0.05) is 20.3 Å². The van der Waals surface area contributed by atoms with Gasteiger partial charge in [-0.2, -0.15) is 0 Å². The Labute approximate surface area is 107 Å². The van der Waals surface area contributed by atoms with E-state index in [4.69, 9.17) is 14.6 Å². The van der Waals surface area contributed by atoms with Gasteiger partial charge in [-0.05, 0) is 19.3 Å². The van der Waals surface area contributed by atoms with Gasteiger partial charge in [0.1, 0.15) is 0 Å². The zero-order chi connectivity index (χ0) is 13.6. The molecule has 0 bridgehead atoms. The molecule has 1 aliphatic heterocycles. The summed E-state index contributed by atoms with van der Waals surface area (Å²) in [4.78, 5) is 10.6. The minimum atomic E-state index is -3.34. The highest BCUT2D eigenvalue weighted by Gasteiger charge is 2.30. The van der Waals surface area contributed by atoms with Crippen LogP contribution in [0.25, 0.3) is 0 Å². The van der Waals surface area contributed by atoms with Crippen LogP contribution in [0.5, 0.6) is 0 Å². The molecule has 0 spiro atoms. The Morgan fingerprint density at radius 2 is 2.22 bits per heavy atom. The normalized spacial score (nSPS) is 24.3. The van der Waals surface area contributed by atoms with Crippen LogP contribution in [0.3, 0.4) is 0 Å². The van der Waals surface area contributed by atoms with E-state index in [0.717, 1.165) is 0 Å². The van der Waals surface area contributed by atoms with Crippen molar-refractivity contribution in [2.75, 3.05) is 26.0 Å². The molecule has 0 amide bonds. The number of hydrogen-bond acceptors (Lipinski definition) is 5. The lowest BCUT2D eigenvalue weighted by Gasteiger charge is -2.12. The van der Waals surface area contributed by atoms with Gasteiger partial charge in [0.25, 0.3) is 0 Å². The fraction of sp³-hybridized carbons (Fsp3) is 0.900. The number of aliphatic carboxylic acids is 1. The zero-order valence-electron chi connectivity index (χ0n) is 10.3. The molecular weight excluding hydrogens is 262 g/mol. The predicted octanol–water partition coefficient (Wildman–Crippen LogP) is -0.425. The number of methoxy groups -OCH3 is 1. The van der Waals surface area contributed by atoms with Crippen molar-refractivity contribution in [1.82, 2.24) is 4.72 Å². The fourth-order valence-corrected chi connectivity index (χ4v) is 2.80. The van der Waals surface area contributed by atoms with Crippen LogP contribution in [0, 0.1) is 0 Å². The van der Waals surface area contributed by atoms with Crippen molar-refractivity contribution in [2.24, 2.45) is 0 Å². The number of carboxylic acids is 1. The molecule has 1 fully saturated rings. The smallest absolute Gasteiger partial charge is 0.332 e. The largest absolute Gasteiger partial charge is 0.479 e. The van der Waals surface area contributed by atoms with Crippen molar-refractivity contribution in [1.29, 1.82) is 0 Å². The Morgan fingerprint density at radius 1 is 1.50 bits per heavy atom. The second kappa shape index (κ2) is 7.03. The van der Waals surface area contributed by atoms with Crippen molar-refractivity contribution in [2.45, 2.75) is 31.5 Å². The molecule has 1 heterocycles. The molecule has 2 atom stereocenters. The van der Waals surface area contributed by atoms with Gasteiger partial charge in [-0.1, -0.05) is 0 Å². The molecule has 2 unspecified atom stereocenters. The van der Waals surface area contributed by atoms with Gasteiger partial charge < -0.3 is 14.6 Å². The van der Waals surface area contributed by atoms with Crippen LogP contribution in [-0.2, 0) is 24.3 Å². The second-order valence-electron chi connectivity index (χ2n) is 4.18. The maximum absolute atomic E-state index is 11.5. The second-order valence-corrected chi connectivity index (χ2v) is 6.10. The van der Waals surface area contributed by atoms with Gasteiger partial charge in [-0.25, -0.2) is 17.9 Å². The Kier molecular flexibility index (Phi) is 6.00. The first kappa shape index (κ1) is 15.4. The molecule has 106 valence electrons. The van der Waals surface area contributed by atoms with E-state index >= 15 is 0 Å². The van der Waals surface area contributed by atoms with Crippen LogP contribution in [0.4, 0.5) is 0 Å². The third-order valence-electron chi connectivity index (χ3n) is 2.68. The molecule has 1 aliphatic rings. The summed E-state index contributed by atoms with van der Waals surface area (Å²) in [6.45, 7) is 0.515. The van der Waals surface area contributed by atoms with Gasteiger partial charge >= 0.3 is 5.97 Å². The molecule has 2 N–H and O–H groups in total. The van der Waals surface area contributed by atoms with Gasteiger partial charge in [0.05, 0.1) is 11.9 Å². The van der Waals surface area contributed by atoms with Crippen molar-refractivity contribution in [3.63, 3.8) is 0 Å². The third-order valence-corrected chi connectivity index (χ3v) is 4.11. The summed E-state index contributed by atoms with van der Waals surface area (Å²) in [7, 11) is -1.82. The molecule has 1 saturated heterocycles. The van der Waals surface area contributed by atoms with Crippen LogP contribution in [0.2, 0.25) is 0 Å². The van der Waals surface area contributed by atoms with Crippen molar-refractivity contribution in [3.8, 4) is 0 Å². The first-order valence-electron chi connectivity index (χ1n) is 5.79. The highest BCUT2D eigenvalue weighted by molar-refractivity contribution is 7.89. The van der Waals surface area contributed by atoms with Gasteiger partial charge in [-0.15, -0.1) is 0 Å². The average Bonchev–Trinajstić information content (AvgIpc) is 2.75. The topological polar surface area (TPSA) is 102 Å². The van der Waals surface area contributed by atoms with Crippen LogP contribution in [-0.4, -0.2) is 57.7 Å². The SMILES string of the molecule is COCCCS(=O)(=O)NCC1CCC(C(=O)O)O1. The van der Waals surface area contributed by atoms with E-state index in [1.807, 2.05) is 0 Å². The van der Waals surface area contributed by atoms with Crippen molar-refractivity contribution >= 4 is 16.0 Å². The number of nitrogens with one attached hydrogen (secondary N) is 1. The number of ether oxygens (including phenoxy) is 2. The molecule has 7 nitrogen and oxygen atoms in total. The van der Waals surface area contributed by atoms with E-state index in [2.05, 4.69) is 4.72 Å². The monoisotopic (exact) mass is 281 g/mol. The van der Waals surface area contributed by atoms with E-state index in [1.54, 1.807) is 0 Å². The van der Waals surface area contributed by atoms with E-state index in [1.165, 1.54) is 7.11 Å². The first-order chi connectivity index (χ1) is 8.44. The molecule has 0 radical (unpaired) electrons.